The van der Waals surface area contributed by atoms with Crippen LogP contribution in [0.15, 0.2) is 24.3 Å². The van der Waals surface area contributed by atoms with Gasteiger partial charge in [0.25, 0.3) is 0 Å². The van der Waals surface area contributed by atoms with E-state index in [-0.39, 0.29) is 95.0 Å². The van der Waals surface area contributed by atoms with Crippen molar-refractivity contribution in [2.75, 3.05) is 19.6 Å². The van der Waals surface area contributed by atoms with E-state index >= 15 is 0 Å². The molecule has 0 saturated carbocycles. The van der Waals surface area contributed by atoms with E-state index in [1.165, 1.54) is 56.9 Å². The number of unbranched alkanes of at least 4 members (excludes halogenated alkanes) is 1. The van der Waals surface area contributed by atoms with Crippen molar-refractivity contribution < 1.29 is 127 Å². The predicted octanol–water partition coefficient (Wildman–Crippen LogP) is -4.17. The number of carboxylic acid groups (broad SMARTS) is 4. The average molecular weight is 1790 g/mol. The van der Waals surface area contributed by atoms with Gasteiger partial charge in [0.2, 0.25) is 94.5 Å². The molecule has 44 nitrogen and oxygen atoms in total. The smallest absolute Gasteiger partial charge is 0.325 e. The van der Waals surface area contributed by atoms with Gasteiger partial charge in [-0.15, -0.1) is 0 Å². The largest absolute Gasteiger partial charge is 0.508 e. The molecule has 18 atom stereocenters. The molecule has 0 aliphatic carbocycles. The normalized spacial score (nSPS) is 17.7. The van der Waals surface area contributed by atoms with Gasteiger partial charge in [-0.25, -0.2) is 0 Å². The van der Waals surface area contributed by atoms with Gasteiger partial charge in [-0.05, 0) is 145 Å². The van der Waals surface area contributed by atoms with E-state index in [0.717, 1.165) is 4.90 Å². The number of phenols is 1. The molecule has 126 heavy (non-hydrogen) atoms. The molecule has 16 amide bonds. The molecular formula is C82H132N18O26. The van der Waals surface area contributed by atoms with Gasteiger partial charge in [-0.1, -0.05) is 95.2 Å². The van der Waals surface area contributed by atoms with E-state index in [9.17, 15) is 121 Å². The fourth-order valence-corrected chi connectivity index (χ4v) is 13.8. The molecule has 0 aromatic heterocycles. The molecule has 2 aliphatic rings. The van der Waals surface area contributed by atoms with Gasteiger partial charge in [-0.3, -0.25) is 95.9 Å². The molecule has 0 bridgehead atoms. The first-order valence-corrected chi connectivity index (χ1v) is 42.4. The minimum absolute atomic E-state index is 0.0118. The molecule has 0 spiro atoms. The first-order chi connectivity index (χ1) is 58.7. The predicted molar refractivity (Wildman–Crippen MR) is 451 cm³/mol. The average Bonchev–Trinajstić information content (AvgIpc) is 1.64. The Hall–Kier alpha value is -11.7. The highest BCUT2D eigenvalue weighted by Gasteiger charge is 2.47. The number of nitrogens with two attached hydrogens (primary N) is 2. The van der Waals surface area contributed by atoms with Crippen molar-refractivity contribution in [1.82, 2.24) is 84.2 Å². The molecule has 3 rings (SSSR count). The summed E-state index contributed by atoms with van der Waals surface area (Å²) in [7, 11) is 0. The number of carboxylic acids is 4. The minimum Gasteiger partial charge on any atom is -0.508 e. The van der Waals surface area contributed by atoms with Gasteiger partial charge in [-0.2, -0.15) is 0 Å². The van der Waals surface area contributed by atoms with Crippen LogP contribution in [0.4, 0.5) is 0 Å². The number of aliphatic carboxylic acids is 4. The second-order valence-electron chi connectivity index (χ2n) is 34.2. The Bertz CT molecular complexity index is 4010. The fraction of sp³-hybridized carbons (Fsp3) is 0.683. The molecule has 2 saturated heterocycles. The number of aromatic hydroxyl groups is 1. The van der Waals surface area contributed by atoms with Crippen molar-refractivity contribution in [3.8, 4) is 5.75 Å². The van der Waals surface area contributed by atoms with Crippen molar-refractivity contribution in [3.05, 3.63) is 29.8 Å². The Morgan fingerprint density at radius 1 is 0.381 bits per heavy atom. The number of carbonyl (C=O) groups excluding carboxylic acids is 16. The highest BCUT2D eigenvalue weighted by atomic mass is 16.4. The van der Waals surface area contributed by atoms with Crippen LogP contribution < -0.4 is 85.9 Å². The summed E-state index contributed by atoms with van der Waals surface area (Å²) in [6, 6.07) is -19.8. The molecule has 2 heterocycles. The third-order valence-corrected chi connectivity index (χ3v) is 20.9. The lowest BCUT2D eigenvalue weighted by atomic mass is 9.97. The summed E-state index contributed by atoms with van der Waals surface area (Å²) in [6.45, 7) is 24.5. The first-order valence-electron chi connectivity index (χ1n) is 42.4. The number of phenolic OH excluding ortho intramolecular Hbond substituents is 1. The summed E-state index contributed by atoms with van der Waals surface area (Å²) in [5.74, 6) is -24.7. The Kier molecular flexibility index (Phi) is 44.5. The second kappa shape index (κ2) is 51.7. The maximum absolute atomic E-state index is 14.8. The summed E-state index contributed by atoms with van der Waals surface area (Å²) < 4.78 is 0. The number of hydrogen-bond acceptors (Lipinski definition) is 24. The zero-order valence-electron chi connectivity index (χ0n) is 74.4. The molecule has 1 aromatic rings. The monoisotopic (exact) mass is 1780 g/mol. The van der Waals surface area contributed by atoms with Crippen LogP contribution in [0.1, 0.15) is 193 Å². The number of rotatable bonds is 52. The zero-order valence-corrected chi connectivity index (χ0v) is 74.4. The van der Waals surface area contributed by atoms with Gasteiger partial charge < -0.3 is 126 Å². The molecular weight excluding hydrogens is 1650 g/mol. The topological polar surface area (TPSA) is 690 Å². The molecule has 24 N–H and O–H groups in total. The molecule has 2 fully saturated rings. The molecule has 2 aliphatic heterocycles. The lowest BCUT2D eigenvalue weighted by molar-refractivity contribution is -0.150. The van der Waals surface area contributed by atoms with Gasteiger partial charge >= 0.3 is 23.9 Å². The molecule has 706 valence electrons. The minimum atomic E-state index is -2.02. The summed E-state index contributed by atoms with van der Waals surface area (Å²) in [4.78, 5) is 274. The van der Waals surface area contributed by atoms with Crippen molar-refractivity contribution in [2.24, 2.45) is 47.0 Å². The van der Waals surface area contributed by atoms with E-state index in [1.54, 1.807) is 83.1 Å². The highest BCUT2D eigenvalue weighted by molar-refractivity contribution is 6.02. The van der Waals surface area contributed by atoms with Crippen LogP contribution in [0, 0.1) is 35.5 Å². The van der Waals surface area contributed by atoms with Crippen molar-refractivity contribution in [3.63, 3.8) is 0 Å². The number of carbonyl (C=O) groups is 20. The van der Waals surface area contributed by atoms with Crippen molar-refractivity contribution in [1.29, 1.82) is 0 Å². The van der Waals surface area contributed by atoms with E-state index in [4.69, 9.17) is 16.6 Å². The van der Waals surface area contributed by atoms with Gasteiger partial charge in [0, 0.05) is 19.5 Å². The highest BCUT2D eigenvalue weighted by Crippen LogP contribution is 2.27. The van der Waals surface area contributed by atoms with Gasteiger partial charge in [0.1, 0.15) is 102 Å². The number of aliphatic hydroxyl groups excluding tert-OH is 1. The number of aliphatic hydroxyl groups is 1. The second-order valence-corrected chi connectivity index (χ2v) is 34.2. The molecule has 0 radical (unpaired) electrons. The van der Waals surface area contributed by atoms with Crippen LogP contribution in [-0.2, 0) is 102 Å². The van der Waals surface area contributed by atoms with Crippen LogP contribution in [0.5, 0.6) is 5.75 Å². The Balaban J connectivity index is 1.83. The Labute approximate surface area is 731 Å². The summed E-state index contributed by atoms with van der Waals surface area (Å²) in [5, 5.41) is 93.9. The number of amides is 16. The lowest BCUT2D eigenvalue weighted by Crippen LogP contribution is -2.62. The van der Waals surface area contributed by atoms with Crippen molar-refractivity contribution >= 4 is 118 Å². The number of benzene rings is 1. The summed E-state index contributed by atoms with van der Waals surface area (Å²) >= 11 is 0. The number of nitrogens with one attached hydrogen (secondary N) is 14. The van der Waals surface area contributed by atoms with Crippen LogP contribution >= 0.6 is 0 Å². The van der Waals surface area contributed by atoms with Gasteiger partial charge in [0.15, 0.2) is 0 Å². The maximum atomic E-state index is 14.8. The van der Waals surface area contributed by atoms with Crippen molar-refractivity contribution in [2.45, 2.75) is 303 Å². The third kappa shape index (κ3) is 35.0. The Morgan fingerprint density at radius 3 is 1.19 bits per heavy atom. The van der Waals surface area contributed by atoms with E-state index in [0.29, 0.717) is 12.0 Å². The third-order valence-electron chi connectivity index (χ3n) is 20.9. The number of likely N-dealkylation sites (tertiary alicyclic amines) is 2. The van der Waals surface area contributed by atoms with Crippen LogP contribution in [0.3, 0.4) is 0 Å². The lowest BCUT2D eigenvalue weighted by Gasteiger charge is -2.33. The van der Waals surface area contributed by atoms with E-state index in [1.807, 2.05) is 0 Å². The molecule has 1 aromatic carbocycles. The fourth-order valence-electron chi connectivity index (χ4n) is 13.8. The Morgan fingerprint density at radius 2 is 0.738 bits per heavy atom. The van der Waals surface area contributed by atoms with Gasteiger partial charge in [0.05, 0.1) is 31.4 Å². The SMILES string of the molecule is CC(C)C[C@H](NC(=O)[C@H](C)NC(=O)[C@H](C)NC(=O)[C@@H](NC(=O)[C@H](CC(C)C)NC(=O)[C@@H](NC(=O)[C@@H](NC(=O)[C@H](Cc1ccc(O)cc1)NC(=O)[C@@H]1CCCN1C(=O)[C@@H]1CCCN1C(=O)[C@H](CC(=O)O)NC(=O)[C@H](CC(=O)O)NC(=O)[C@H](CCCCN)NC(=O)[C@@H](N)CC(=O)O)C(C)C)C(C)C)C(C)C)C(=O)N[C@H](C(=O)N[C@H](C(=O)N[C@@H](C)C(=O)O)C(C)C)[C@@H](C)O. The number of nitrogens with zero attached hydrogens (tertiary/aromatic N) is 2. The summed E-state index contributed by atoms with van der Waals surface area (Å²) in [6.07, 6.45) is -4.20. The molecule has 0 unspecified atom stereocenters. The maximum Gasteiger partial charge on any atom is 0.325 e. The first kappa shape index (κ1) is 108. The standard InChI is InChI=1S/C82H132N18O26/c1-37(2)31-51(72(115)98-65(46(16)101)79(122)97-62(40(7)8)76(119)87-45(15)82(125)126)89-67(110)44(14)85-66(109)43(13)86-75(118)61(39(5)6)94-71(114)52(32-38(3)4)92-77(120)63(41(9)10)96-78(121)64(42(11)12)95-73(116)53(33-47-24-26-48(102)27-25-47)91-74(117)56-22-19-29-99(56)81(124)57-23-20-30-100(57)80(123)55(36-60(107)108)93-70(113)54(35-59(105)106)90-69(112)50(21-17-18-28-83)88-68(111)49(84)34-58(103)104/h24-27,37-46,49-57,61-65,101-102H,17-23,28-36,83-84H2,1-16H3,(H,85,109)(H,86,118)(H,87,119)(H,88,111)(H,89,110)(H,90,112)(H,91,117)(H,92,120)(H,93,113)(H,94,114)(H,95,116)(H,96,121)(H,97,122)(H,98,115)(H,103,104)(H,105,106)(H,107,108)(H,125,126)/t43-,44-,45-,46+,49-,50-,51-,52-,53-,54-,55-,56-,57-,61-,62-,63-,64-,65-/m0/s1. The quantitative estimate of drug-likeness (QED) is 0.0275. The zero-order chi connectivity index (χ0) is 95.8. The molecule has 44 heteroatoms. The van der Waals surface area contributed by atoms with Crippen LogP contribution in [-0.4, -0.2) is 287 Å². The van der Waals surface area contributed by atoms with E-state index < -0.39 is 270 Å². The van der Waals surface area contributed by atoms with E-state index in [2.05, 4.69) is 74.4 Å². The summed E-state index contributed by atoms with van der Waals surface area (Å²) in [5.41, 5.74) is 11.7. The van der Waals surface area contributed by atoms with Crippen LogP contribution in [0.2, 0.25) is 0 Å². The van der Waals surface area contributed by atoms with Crippen LogP contribution in [0.25, 0.3) is 0 Å². The number of hydrogen-bond donors (Lipinski definition) is 22.